The summed E-state index contributed by atoms with van der Waals surface area (Å²) in [5.41, 5.74) is 0. The maximum absolute atomic E-state index is 5.90. The lowest BCUT2D eigenvalue weighted by molar-refractivity contribution is 2.03. The van der Waals surface area contributed by atoms with E-state index in [0.29, 0.717) is 0 Å². The molecule has 2 aromatic heterocycles. The summed E-state index contributed by atoms with van der Waals surface area (Å²) in [5, 5.41) is 4.08. The van der Waals surface area contributed by atoms with Gasteiger partial charge < -0.3 is 0 Å². The van der Waals surface area contributed by atoms with E-state index in [4.69, 9.17) is 11.6 Å². The molecular formula is C6H2ClIS2. The van der Waals surface area contributed by atoms with Crippen molar-refractivity contribution in [3.05, 3.63) is 19.4 Å². The van der Waals surface area contributed by atoms with Crippen LogP contribution in [0.2, 0.25) is 5.02 Å². The van der Waals surface area contributed by atoms with Crippen LogP contribution in [-0.2, 0) is 0 Å². The van der Waals surface area contributed by atoms with Crippen LogP contribution in [0.3, 0.4) is 0 Å². The highest BCUT2D eigenvalue weighted by molar-refractivity contribution is 14.1. The predicted octanol–water partition coefficient (Wildman–Crippen LogP) is 4.22. The lowest BCUT2D eigenvalue weighted by atomic mass is 10.4. The Kier molecular flexibility index (Phi) is 1.92. The molecule has 2 aromatic rings. The van der Waals surface area contributed by atoms with Crippen molar-refractivity contribution in [2.45, 2.75) is 0 Å². The topological polar surface area (TPSA) is 0 Å². The van der Waals surface area contributed by atoms with E-state index in [-0.39, 0.29) is 0 Å². The minimum Gasteiger partial charge on any atom is -0.131 e. The highest BCUT2D eigenvalue weighted by Gasteiger charge is 2.04. The minimum absolute atomic E-state index is 0.888. The summed E-state index contributed by atoms with van der Waals surface area (Å²) in [6.07, 6.45) is 0. The van der Waals surface area contributed by atoms with Crippen molar-refractivity contribution in [1.82, 2.24) is 0 Å². The third kappa shape index (κ3) is 1.09. The zero-order valence-corrected chi connectivity index (χ0v) is 9.27. The molecule has 0 fully saturated rings. The van der Waals surface area contributed by atoms with Crippen molar-refractivity contribution in [3.63, 3.8) is 0 Å². The van der Waals surface area contributed by atoms with Gasteiger partial charge in [0, 0.05) is 10.8 Å². The normalized spacial score (nSPS) is 11.0. The van der Waals surface area contributed by atoms with Crippen LogP contribution in [0.15, 0.2) is 11.4 Å². The molecule has 2 heterocycles. The quantitative estimate of drug-likeness (QED) is 0.639. The van der Waals surface area contributed by atoms with Gasteiger partial charge in [0.25, 0.3) is 0 Å². The van der Waals surface area contributed by atoms with Gasteiger partial charge in [0.15, 0.2) is 0 Å². The second-order valence-corrected chi connectivity index (χ2v) is 6.33. The largest absolute Gasteiger partial charge is 0.131 e. The Morgan fingerprint density at radius 2 is 2.30 bits per heavy atom. The average Bonchev–Trinajstić information content (AvgIpc) is 2.35. The molecule has 0 bridgehead atoms. The number of rotatable bonds is 0. The van der Waals surface area contributed by atoms with Crippen molar-refractivity contribution in [3.8, 4) is 0 Å². The molecule has 0 N–H and O–H groups in total. The summed E-state index contributed by atoms with van der Waals surface area (Å²) in [7, 11) is 0. The van der Waals surface area contributed by atoms with Gasteiger partial charge in [-0.05, 0) is 28.7 Å². The van der Waals surface area contributed by atoms with Crippen LogP contribution in [0.1, 0.15) is 0 Å². The maximum atomic E-state index is 5.90. The molecule has 0 spiro atoms. The van der Waals surface area contributed by atoms with Crippen molar-refractivity contribution >= 4 is 66.3 Å². The first-order valence-electron chi connectivity index (χ1n) is 2.59. The predicted molar refractivity (Wildman–Crippen MR) is 57.4 cm³/mol. The lowest BCUT2D eigenvalue weighted by Crippen LogP contribution is -1.50. The number of hydrogen-bond donors (Lipinski definition) is 0. The van der Waals surface area contributed by atoms with Gasteiger partial charge in [0.1, 0.15) is 0 Å². The number of thiophene rings is 2. The van der Waals surface area contributed by atoms with E-state index in [9.17, 15) is 0 Å². The van der Waals surface area contributed by atoms with E-state index < -0.39 is 0 Å². The summed E-state index contributed by atoms with van der Waals surface area (Å²) < 4.78 is 2.63. The van der Waals surface area contributed by atoms with Crippen molar-refractivity contribution in [2.75, 3.05) is 0 Å². The first-order chi connectivity index (χ1) is 4.77. The zero-order valence-electron chi connectivity index (χ0n) is 4.73. The molecule has 0 saturated carbocycles. The third-order valence-corrected chi connectivity index (χ3v) is 4.65. The number of halogens is 2. The van der Waals surface area contributed by atoms with E-state index in [2.05, 4.69) is 28.7 Å². The number of fused-ring (bicyclic) bond motifs is 1. The van der Waals surface area contributed by atoms with Gasteiger partial charge in [-0.1, -0.05) is 11.6 Å². The Morgan fingerprint density at radius 3 is 3.00 bits per heavy atom. The van der Waals surface area contributed by atoms with E-state index in [1.807, 2.05) is 5.38 Å². The van der Waals surface area contributed by atoms with Crippen LogP contribution in [0.5, 0.6) is 0 Å². The standard InChI is InChI=1S/C6H2ClIS2/c7-4-2-9-6-3(4)1-5(8)10-6/h1-2H. The van der Waals surface area contributed by atoms with E-state index in [1.54, 1.807) is 22.7 Å². The molecule has 0 amide bonds. The molecule has 0 unspecified atom stereocenters. The molecule has 10 heavy (non-hydrogen) atoms. The fraction of sp³-hybridized carbons (Fsp3) is 0. The Hall–Kier alpha value is 0.680. The van der Waals surface area contributed by atoms with Crippen LogP contribution in [0.25, 0.3) is 9.40 Å². The molecule has 2 rings (SSSR count). The highest BCUT2D eigenvalue weighted by Crippen LogP contribution is 2.36. The summed E-state index contributed by atoms with van der Waals surface area (Å²) in [4.78, 5) is 0. The Morgan fingerprint density at radius 1 is 1.50 bits per heavy atom. The van der Waals surface area contributed by atoms with Crippen LogP contribution in [0.4, 0.5) is 0 Å². The van der Waals surface area contributed by atoms with Crippen molar-refractivity contribution in [1.29, 1.82) is 0 Å². The molecule has 0 aliphatic carbocycles. The van der Waals surface area contributed by atoms with Crippen molar-refractivity contribution in [2.24, 2.45) is 0 Å². The highest BCUT2D eigenvalue weighted by atomic mass is 127. The lowest BCUT2D eigenvalue weighted by Gasteiger charge is -1.74. The molecule has 0 saturated heterocycles. The SMILES string of the molecule is Clc1csc2sc(I)cc12. The maximum Gasteiger partial charge on any atom is 0.0891 e. The fourth-order valence-corrected chi connectivity index (χ4v) is 4.46. The second-order valence-electron chi connectivity index (χ2n) is 1.84. The summed E-state index contributed by atoms with van der Waals surface area (Å²) in [6.45, 7) is 0. The van der Waals surface area contributed by atoms with Gasteiger partial charge in [0.05, 0.1) is 11.9 Å². The summed E-state index contributed by atoms with van der Waals surface area (Å²) >= 11 is 11.7. The third-order valence-electron chi connectivity index (χ3n) is 1.19. The van der Waals surface area contributed by atoms with Crippen LogP contribution >= 0.6 is 56.9 Å². The van der Waals surface area contributed by atoms with Gasteiger partial charge in [-0.25, -0.2) is 0 Å². The fourth-order valence-electron chi connectivity index (χ4n) is 0.768. The average molecular weight is 301 g/mol. The Labute approximate surface area is 85.0 Å². The molecule has 0 nitrogen and oxygen atoms in total. The van der Waals surface area contributed by atoms with E-state index in [1.165, 1.54) is 12.3 Å². The van der Waals surface area contributed by atoms with Gasteiger partial charge >= 0.3 is 0 Å². The molecule has 4 heteroatoms. The smallest absolute Gasteiger partial charge is 0.0891 e. The van der Waals surface area contributed by atoms with E-state index >= 15 is 0 Å². The monoisotopic (exact) mass is 300 g/mol. The van der Waals surface area contributed by atoms with Crippen LogP contribution < -0.4 is 0 Å². The van der Waals surface area contributed by atoms with Gasteiger partial charge in [-0.15, -0.1) is 22.7 Å². The molecule has 0 radical (unpaired) electrons. The van der Waals surface area contributed by atoms with Crippen LogP contribution in [-0.4, -0.2) is 0 Å². The molecule has 0 aliphatic rings. The van der Waals surface area contributed by atoms with Crippen LogP contribution in [0, 0.1) is 2.88 Å². The Balaban J connectivity index is 2.90. The second kappa shape index (κ2) is 2.62. The molecule has 0 atom stereocenters. The number of hydrogen-bond acceptors (Lipinski definition) is 2. The molecule has 0 aliphatic heterocycles. The zero-order chi connectivity index (χ0) is 7.14. The van der Waals surface area contributed by atoms with Gasteiger partial charge in [-0.3, -0.25) is 0 Å². The van der Waals surface area contributed by atoms with Crippen molar-refractivity contribution < 1.29 is 0 Å². The summed E-state index contributed by atoms with van der Waals surface area (Å²) in [5.74, 6) is 0. The van der Waals surface area contributed by atoms with Gasteiger partial charge in [-0.2, -0.15) is 0 Å². The first-order valence-corrected chi connectivity index (χ1v) is 5.74. The summed E-state index contributed by atoms with van der Waals surface area (Å²) in [6, 6.07) is 2.12. The first kappa shape index (κ1) is 7.34. The molecule has 0 aromatic carbocycles. The van der Waals surface area contributed by atoms with Gasteiger partial charge in [0.2, 0.25) is 0 Å². The molecular weight excluding hydrogens is 299 g/mol. The van der Waals surface area contributed by atoms with E-state index in [0.717, 1.165) is 5.02 Å². The Bertz CT molecular complexity index is 363. The minimum atomic E-state index is 0.888. The molecule has 52 valence electrons.